The highest BCUT2D eigenvalue weighted by Crippen LogP contribution is 2.13. The van der Waals surface area contributed by atoms with Gasteiger partial charge in [-0.3, -0.25) is 9.59 Å². The van der Waals surface area contributed by atoms with Gasteiger partial charge in [-0.25, -0.2) is 0 Å². The highest BCUT2D eigenvalue weighted by molar-refractivity contribution is 5.80. The Bertz CT molecular complexity index is 973. The smallest absolute Gasteiger partial charge is 0.227 e. The van der Waals surface area contributed by atoms with Crippen LogP contribution in [0.25, 0.3) is 5.69 Å². The van der Waals surface area contributed by atoms with Crippen molar-refractivity contribution < 1.29 is 9.59 Å². The van der Waals surface area contributed by atoms with Gasteiger partial charge < -0.3 is 14.4 Å². The number of hydrogen-bond donors (Lipinski definition) is 0. The second kappa shape index (κ2) is 10.1. The van der Waals surface area contributed by atoms with E-state index in [1.54, 1.807) is 0 Å². The minimum Gasteiger partial charge on any atom is -0.339 e. The molecule has 0 atom stereocenters. The third kappa shape index (κ3) is 5.63. The first-order chi connectivity index (χ1) is 15.2. The third-order valence-electron chi connectivity index (χ3n) is 5.88. The van der Waals surface area contributed by atoms with Crippen LogP contribution in [0, 0.1) is 0 Å². The van der Waals surface area contributed by atoms with E-state index in [9.17, 15) is 9.59 Å². The molecule has 2 amide bonds. The Balaban J connectivity index is 1.20. The summed E-state index contributed by atoms with van der Waals surface area (Å²) in [6.07, 6.45) is 6.76. The van der Waals surface area contributed by atoms with E-state index in [0.717, 1.165) is 24.1 Å². The molecule has 0 N–H and O–H groups in total. The summed E-state index contributed by atoms with van der Waals surface area (Å²) in [4.78, 5) is 29.0. The Morgan fingerprint density at radius 1 is 0.677 bits per heavy atom. The number of carbonyl (C=O) groups excluding carboxylic acids is 2. The Hall–Kier alpha value is -3.34. The molecular formula is C26H29N3O2. The van der Waals surface area contributed by atoms with Gasteiger partial charge in [-0.05, 0) is 48.2 Å². The lowest BCUT2D eigenvalue weighted by molar-refractivity contribution is -0.139. The summed E-state index contributed by atoms with van der Waals surface area (Å²) in [6, 6.07) is 22.4. The van der Waals surface area contributed by atoms with Gasteiger partial charge in [0.15, 0.2) is 0 Å². The van der Waals surface area contributed by atoms with Gasteiger partial charge in [0.2, 0.25) is 11.8 Å². The van der Waals surface area contributed by atoms with E-state index in [-0.39, 0.29) is 11.8 Å². The molecule has 1 fully saturated rings. The summed E-state index contributed by atoms with van der Waals surface area (Å²) >= 11 is 0. The van der Waals surface area contributed by atoms with Crippen LogP contribution in [0.3, 0.4) is 0 Å². The lowest BCUT2D eigenvalue weighted by Crippen LogP contribution is -2.51. The van der Waals surface area contributed by atoms with E-state index in [2.05, 4.69) is 12.1 Å². The number of aromatic nitrogens is 1. The number of rotatable bonds is 7. The van der Waals surface area contributed by atoms with Crippen LogP contribution in [0.2, 0.25) is 0 Å². The van der Waals surface area contributed by atoms with Crippen LogP contribution < -0.4 is 0 Å². The maximum atomic E-state index is 12.7. The van der Waals surface area contributed by atoms with Gasteiger partial charge in [-0.15, -0.1) is 0 Å². The summed E-state index contributed by atoms with van der Waals surface area (Å²) in [5.41, 5.74) is 3.37. The SMILES string of the molecule is O=C(CCCc1ccccc1)N1CCN(C(=O)Cc2ccc(-n3cccc3)cc2)CC1. The van der Waals surface area contributed by atoms with Crippen molar-refractivity contribution in [2.24, 2.45) is 0 Å². The third-order valence-corrected chi connectivity index (χ3v) is 5.88. The van der Waals surface area contributed by atoms with Crippen LogP contribution in [0.1, 0.15) is 24.0 Å². The maximum absolute atomic E-state index is 12.7. The molecule has 1 aliphatic rings. The molecule has 2 heterocycles. The summed E-state index contributed by atoms with van der Waals surface area (Å²) in [5, 5.41) is 0. The van der Waals surface area contributed by atoms with Crippen molar-refractivity contribution in [2.45, 2.75) is 25.7 Å². The molecule has 2 aromatic carbocycles. The molecule has 1 aromatic heterocycles. The van der Waals surface area contributed by atoms with E-state index >= 15 is 0 Å². The van der Waals surface area contributed by atoms with Gasteiger partial charge in [0.1, 0.15) is 0 Å². The quantitative estimate of drug-likeness (QED) is 0.591. The number of carbonyl (C=O) groups is 2. The molecule has 1 aliphatic heterocycles. The number of benzene rings is 2. The molecule has 3 aromatic rings. The first-order valence-corrected chi connectivity index (χ1v) is 11.0. The molecule has 1 saturated heterocycles. The standard InChI is InChI=1S/C26H29N3O2/c30-25(10-6-9-22-7-2-1-3-8-22)28-17-19-29(20-18-28)26(31)21-23-11-13-24(14-12-23)27-15-4-5-16-27/h1-5,7-8,11-16H,6,9-10,17-21H2. The zero-order valence-corrected chi connectivity index (χ0v) is 17.8. The average molecular weight is 416 g/mol. The van der Waals surface area contributed by atoms with Crippen molar-refractivity contribution in [3.63, 3.8) is 0 Å². The van der Waals surface area contributed by atoms with Gasteiger partial charge in [-0.1, -0.05) is 42.5 Å². The van der Waals surface area contributed by atoms with E-state index in [0.29, 0.717) is 39.0 Å². The highest BCUT2D eigenvalue weighted by Gasteiger charge is 2.23. The van der Waals surface area contributed by atoms with Crippen LogP contribution >= 0.6 is 0 Å². The van der Waals surface area contributed by atoms with Crippen LogP contribution in [0.4, 0.5) is 0 Å². The molecule has 5 heteroatoms. The summed E-state index contributed by atoms with van der Waals surface area (Å²) in [7, 11) is 0. The average Bonchev–Trinajstić information content (AvgIpc) is 3.35. The second-order valence-corrected chi connectivity index (χ2v) is 8.03. The van der Waals surface area contributed by atoms with Gasteiger partial charge >= 0.3 is 0 Å². The van der Waals surface area contributed by atoms with Crippen LogP contribution in [-0.4, -0.2) is 52.4 Å². The van der Waals surface area contributed by atoms with Crippen molar-refractivity contribution in [3.05, 3.63) is 90.3 Å². The van der Waals surface area contributed by atoms with Gasteiger partial charge in [-0.2, -0.15) is 0 Å². The summed E-state index contributed by atoms with van der Waals surface area (Å²) in [5.74, 6) is 0.327. The number of aryl methyl sites for hydroxylation is 1. The van der Waals surface area contributed by atoms with Crippen molar-refractivity contribution in [2.75, 3.05) is 26.2 Å². The summed E-state index contributed by atoms with van der Waals surface area (Å²) < 4.78 is 2.04. The first-order valence-electron chi connectivity index (χ1n) is 11.0. The Morgan fingerprint density at radius 3 is 1.94 bits per heavy atom. The van der Waals surface area contributed by atoms with E-state index in [4.69, 9.17) is 0 Å². The van der Waals surface area contributed by atoms with Gasteiger partial charge in [0, 0.05) is 50.7 Å². The maximum Gasteiger partial charge on any atom is 0.227 e. The van der Waals surface area contributed by atoms with E-state index in [1.165, 1.54) is 5.56 Å². The fourth-order valence-corrected chi connectivity index (χ4v) is 4.03. The Morgan fingerprint density at radius 2 is 1.29 bits per heavy atom. The van der Waals surface area contributed by atoms with Crippen LogP contribution in [-0.2, 0) is 22.4 Å². The van der Waals surface area contributed by atoms with E-state index < -0.39 is 0 Å². The number of hydrogen-bond acceptors (Lipinski definition) is 2. The normalized spacial score (nSPS) is 13.9. The minimum absolute atomic E-state index is 0.130. The van der Waals surface area contributed by atoms with Crippen molar-refractivity contribution >= 4 is 11.8 Å². The zero-order chi connectivity index (χ0) is 21.5. The molecule has 0 radical (unpaired) electrons. The van der Waals surface area contributed by atoms with Crippen LogP contribution in [0.15, 0.2) is 79.1 Å². The first kappa shape index (κ1) is 20.9. The van der Waals surface area contributed by atoms with Crippen LogP contribution in [0.5, 0.6) is 0 Å². The lowest BCUT2D eigenvalue weighted by Gasteiger charge is -2.35. The molecule has 5 nitrogen and oxygen atoms in total. The molecule has 4 rings (SSSR count). The summed E-state index contributed by atoms with van der Waals surface area (Å²) in [6.45, 7) is 2.49. The fourth-order valence-electron chi connectivity index (χ4n) is 4.03. The van der Waals surface area contributed by atoms with Crippen molar-refractivity contribution in [1.29, 1.82) is 0 Å². The molecule has 0 unspecified atom stereocenters. The predicted molar refractivity (Wildman–Crippen MR) is 122 cm³/mol. The largest absolute Gasteiger partial charge is 0.339 e. The molecule has 0 bridgehead atoms. The van der Waals surface area contributed by atoms with E-state index in [1.807, 2.05) is 81.4 Å². The lowest BCUT2D eigenvalue weighted by atomic mass is 10.1. The monoisotopic (exact) mass is 415 g/mol. The molecule has 0 saturated carbocycles. The molecule has 31 heavy (non-hydrogen) atoms. The number of piperazine rings is 1. The molecular weight excluding hydrogens is 386 g/mol. The van der Waals surface area contributed by atoms with Gasteiger partial charge in [0.05, 0.1) is 6.42 Å². The van der Waals surface area contributed by atoms with Crippen molar-refractivity contribution in [1.82, 2.24) is 14.4 Å². The number of amides is 2. The Kier molecular flexibility index (Phi) is 6.82. The van der Waals surface area contributed by atoms with Crippen molar-refractivity contribution in [3.8, 4) is 5.69 Å². The fraction of sp³-hybridized carbons (Fsp3) is 0.308. The van der Waals surface area contributed by atoms with Gasteiger partial charge in [0.25, 0.3) is 0 Å². The molecule has 160 valence electrons. The predicted octanol–water partition coefficient (Wildman–Crippen LogP) is 3.71. The topological polar surface area (TPSA) is 45.6 Å². The highest BCUT2D eigenvalue weighted by atomic mass is 16.2. The molecule has 0 aliphatic carbocycles. The number of nitrogens with zero attached hydrogens (tertiary/aromatic N) is 3. The molecule has 0 spiro atoms. The second-order valence-electron chi connectivity index (χ2n) is 8.03. The zero-order valence-electron chi connectivity index (χ0n) is 17.8. The Labute approximate surface area is 183 Å². The minimum atomic E-state index is 0.130.